The molecule has 4 aliphatic heterocycles. The number of cyclic esters (lactones) is 1. The quantitative estimate of drug-likeness (QED) is 0.314. The molecule has 0 radical (unpaired) electrons. The average Bonchev–Trinajstić information content (AvgIpc) is 3.86. The van der Waals surface area contributed by atoms with Crippen LogP contribution in [0, 0.1) is 34.7 Å². The zero-order valence-electron chi connectivity index (χ0n) is 33.3. The Hall–Kier alpha value is -6.19. The molecule has 0 aliphatic carbocycles. The highest BCUT2D eigenvalue weighted by atomic mass is 19.1. The van der Waals surface area contributed by atoms with Gasteiger partial charge in [0.15, 0.2) is 0 Å². The lowest BCUT2D eigenvalue weighted by molar-refractivity contribution is -0.163. The number of urea groups is 1. The molecule has 19 heteroatoms. The summed E-state index contributed by atoms with van der Waals surface area (Å²) in [5.41, 5.74) is -0.479. The summed E-state index contributed by atoms with van der Waals surface area (Å²) in [5.74, 6) is -7.28. The van der Waals surface area contributed by atoms with E-state index < -0.39 is 108 Å². The molecule has 320 valence electrons. The van der Waals surface area contributed by atoms with Gasteiger partial charge in [-0.15, -0.1) is 0 Å². The number of halogens is 3. The van der Waals surface area contributed by atoms with Crippen LogP contribution in [0.2, 0.25) is 0 Å². The van der Waals surface area contributed by atoms with Crippen molar-refractivity contribution in [2.24, 2.45) is 5.92 Å². The van der Waals surface area contributed by atoms with Gasteiger partial charge in [0.05, 0.1) is 5.56 Å². The summed E-state index contributed by atoms with van der Waals surface area (Å²) in [6, 6.07) is -1.26. The van der Waals surface area contributed by atoms with E-state index in [0.29, 0.717) is 31.7 Å². The van der Waals surface area contributed by atoms with Crippen molar-refractivity contribution in [1.29, 1.82) is 5.26 Å². The molecular formula is C41H47F3N8O8. The number of esters is 1. The molecule has 7 amide bonds. The van der Waals surface area contributed by atoms with Gasteiger partial charge in [-0.2, -0.15) is 5.26 Å². The van der Waals surface area contributed by atoms with E-state index in [0.717, 1.165) is 30.3 Å². The van der Waals surface area contributed by atoms with Crippen LogP contribution in [0.5, 0.6) is 0 Å². The van der Waals surface area contributed by atoms with E-state index in [4.69, 9.17) is 4.74 Å². The molecular weight excluding hydrogens is 789 g/mol. The second-order valence-electron chi connectivity index (χ2n) is 15.9. The molecule has 0 aromatic heterocycles. The number of carbonyl (C=O) groups excluding carboxylic acids is 7. The molecule has 16 nitrogen and oxygen atoms in total. The van der Waals surface area contributed by atoms with Crippen molar-refractivity contribution < 1.29 is 51.5 Å². The van der Waals surface area contributed by atoms with Crippen LogP contribution < -0.4 is 21.3 Å². The number of fused-ring (bicyclic) bond motifs is 3. The highest BCUT2D eigenvalue weighted by molar-refractivity contribution is 5.99. The van der Waals surface area contributed by atoms with Crippen LogP contribution in [0.3, 0.4) is 0 Å². The largest absolute Gasteiger partial charge is 0.458 e. The molecule has 8 atom stereocenters. The highest BCUT2D eigenvalue weighted by Crippen LogP contribution is 2.29. The highest BCUT2D eigenvalue weighted by Gasteiger charge is 2.47. The first-order chi connectivity index (χ1) is 28.5. The maximum absolute atomic E-state index is 14.7. The van der Waals surface area contributed by atoms with Crippen molar-refractivity contribution in [3.05, 3.63) is 65.0 Å². The molecule has 4 heterocycles. The van der Waals surface area contributed by atoms with E-state index in [2.05, 4.69) is 21.3 Å². The first-order valence-corrected chi connectivity index (χ1v) is 20.0. The van der Waals surface area contributed by atoms with E-state index in [-0.39, 0.29) is 55.2 Å². The van der Waals surface area contributed by atoms with Crippen molar-refractivity contribution in [2.45, 2.75) is 108 Å². The van der Waals surface area contributed by atoms with Gasteiger partial charge >= 0.3 is 12.0 Å². The lowest BCUT2D eigenvalue weighted by atomic mass is 9.99. The zero-order chi connectivity index (χ0) is 43.4. The van der Waals surface area contributed by atoms with Gasteiger partial charge in [-0.1, -0.05) is 6.92 Å². The molecule has 6 rings (SSSR count). The van der Waals surface area contributed by atoms with Crippen LogP contribution in [-0.2, 0) is 39.9 Å². The van der Waals surface area contributed by atoms with E-state index in [1.165, 1.54) is 28.5 Å². The predicted molar refractivity (Wildman–Crippen MR) is 206 cm³/mol. The third kappa shape index (κ3) is 9.64. The maximum Gasteiger partial charge on any atom is 0.329 e. The van der Waals surface area contributed by atoms with Crippen molar-refractivity contribution in [2.75, 3.05) is 25.0 Å². The first-order valence-electron chi connectivity index (χ1n) is 20.0. The van der Waals surface area contributed by atoms with E-state index in [1.54, 1.807) is 6.07 Å². The van der Waals surface area contributed by atoms with E-state index in [9.17, 15) is 52.0 Å². The number of anilines is 1. The van der Waals surface area contributed by atoms with Gasteiger partial charge < -0.3 is 40.7 Å². The summed E-state index contributed by atoms with van der Waals surface area (Å²) in [5, 5.41) is 19.3. The summed E-state index contributed by atoms with van der Waals surface area (Å²) in [4.78, 5) is 102. The number of hydrogen-bond donors (Lipinski definition) is 4. The molecule has 4 N–H and O–H groups in total. The number of hydrogen-bond acceptors (Lipinski definition) is 9. The molecule has 0 bridgehead atoms. The third-order valence-corrected chi connectivity index (χ3v) is 11.4. The molecule has 0 saturated carbocycles. The number of carbonyl (C=O) groups is 7. The number of amides is 7. The van der Waals surface area contributed by atoms with Crippen LogP contribution in [0.25, 0.3) is 0 Å². The van der Waals surface area contributed by atoms with Gasteiger partial charge in [0, 0.05) is 37.8 Å². The number of piperidine rings is 1. The molecule has 4 saturated heterocycles. The van der Waals surface area contributed by atoms with Crippen molar-refractivity contribution in [3.8, 4) is 6.07 Å². The normalized spacial score (nSPS) is 26.9. The van der Waals surface area contributed by atoms with Gasteiger partial charge in [0.1, 0.15) is 65.9 Å². The molecule has 60 heavy (non-hydrogen) atoms. The summed E-state index contributed by atoms with van der Waals surface area (Å²) in [6.07, 6.45) is 0.418. The Morgan fingerprint density at radius 1 is 0.867 bits per heavy atom. The monoisotopic (exact) mass is 836 g/mol. The van der Waals surface area contributed by atoms with Crippen LogP contribution in [0.4, 0.5) is 23.7 Å². The van der Waals surface area contributed by atoms with Crippen LogP contribution in [-0.4, -0.2) is 118 Å². The number of nitrogens with one attached hydrogen (secondary N) is 4. The minimum Gasteiger partial charge on any atom is -0.458 e. The Kier molecular flexibility index (Phi) is 13.3. The Morgan fingerprint density at radius 2 is 1.55 bits per heavy atom. The van der Waals surface area contributed by atoms with Crippen molar-refractivity contribution >= 4 is 47.2 Å². The Bertz CT molecular complexity index is 2080. The Labute approximate surface area is 344 Å². The predicted octanol–water partition coefficient (Wildman–Crippen LogP) is 2.25. The molecule has 2 aromatic carbocycles. The Balaban J connectivity index is 1.34. The van der Waals surface area contributed by atoms with E-state index >= 15 is 0 Å². The Morgan fingerprint density at radius 3 is 2.27 bits per heavy atom. The van der Waals surface area contributed by atoms with E-state index in [1.807, 2.05) is 6.92 Å². The van der Waals surface area contributed by atoms with Crippen molar-refractivity contribution in [3.63, 3.8) is 0 Å². The molecule has 4 fully saturated rings. The summed E-state index contributed by atoms with van der Waals surface area (Å²) < 4.78 is 48.5. The van der Waals surface area contributed by atoms with Gasteiger partial charge in [-0.3, -0.25) is 24.0 Å². The summed E-state index contributed by atoms with van der Waals surface area (Å²) in [6.45, 7) is 5.15. The molecule has 4 aliphatic rings. The fraction of sp³-hybridized carbons (Fsp3) is 0.512. The van der Waals surface area contributed by atoms with Crippen LogP contribution in [0.15, 0.2) is 36.4 Å². The fourth-order valence-electron chi connectivity index (χ4n) is 8.41. The topological polar surface area (TPSA) is 210 Å². The van der Waals surface area contributed by atoms with Gasteiger partial charge in [-0.05, 0) is 94.2 Å². The average molecular weight is 837 g/mol. The van der Waals surface area contributed by atoms with Gasteiger partial charge in [0.2, 0.25) is 29.5 Å². The lowest BCUT2D eigenvalue weighted by Gasteiger charge is -2.39. The second-order valence-corrected chi connectivity index (χ2v) is 15.9. The van der Waals surface area contributed by atoms with Crippen LogP contribution >= 0.6 is 0 Å². The summed E-state index contributed by atoms with van der Waals surface area (Å²) >= 11 is 0. The number of benzene rings is 2. The van der Waals surface area contributed by atoms with Crippen molar-refractivity contribution in [1.82, 2.24) is 30.7 Å². The van der Waals surface area contributed by atoms with Gasteiger partial charge in [-0.25, -0.2) is 22.8 Å². The number of rotatable bonds is 6. The minimum atomic E-state index is -1.70. The number of ether oxygens (including phenoxy) is 1. The molecule has 2 aromatic rings. The molecule has 0 spiro atoms. The van der Waals surface area contributed by atoms with Gasteiger partial charge in [0.25, 0.3) is 0 Å². The number of nitriles is 1. The van der Waals surface area contributed by atoms with Crippen LogP contribution in [0.1, 0.15) is 70.4 Å². The standard InChI is InChI=1S/C41H47F3N8O8/c1-21-13-33-40(58)60-23(3)34(39(57)51-12-6-8-32(51)38(56)50-11-5-4-7-31(50)36(54)46-22(2)37(55)52(33)20-21)49-35(53)30(16-24-14-26(42)18-27(43)15-24)48-41(59)47-28-9-10-29(44)25(17-28)19-45/h9-10,14-15,17-18,21-23,30-34H,4-8,11-13,16,20H2,1-3H3,(H,46,54)(H,49,53)(H2,47,48,59)/t21-,22+,23+,30+,31+,32+,33+,34+/m1/s1. The maximum atomic E-state index is 14.7. The summed E-state index contributed by atoms with van der Waals surface area (Å²) in [7, 11) is 0. The lowest BCUT2D eigenvalue weighted by Crippen LogP contribution is -2.63. The fourth-order valence-corrected chi connectivity index (χ4v) is 8.41. The minimum absolute atomic E-state index is 0.0315. The molecule has 0 unspecified atom stereocenters. The first kappa shape index (κ1) is 43.4. The second kappa shape index (κ2) is 18.4. The smallest absolute Gasteiger partial charge is 0.329 e. The SMILES string of the molecule is C[C@@H]1C[C@H]2C(=O)O[C@@H](C)[C@H](NC(=O)[C@H](Cc3cc(F)cc(F)c3)NC(=O)Nc3ccc(F)c(C#N)c3)C(=O)N3CCC[C@H]3C(=O)N3CCCC[C@H]3C(=O)N[C@@H](C)C(=O)N2C1. The zero-order valence-corrected chi connectivity index (χ0v) is 33.3. The number of nitrogens with zero attached hydrogens (tertiary/aromatic N) is 4. The third-order valence-electron chi connectivity index (χ3n) is 11.4.